The molecule has 0 saturated carbocycles. The Labute approximate surface area is 63.2 Å². The fraction of sp³-hybridized carbons (Fsp3) is 0.833. The fourth-order valence-corrected chi connectivity index (χ4v) is 1.05. The summed E-state index contributed by atoms with van der Waals surface area (Å²) < 4.78 is 4.65. The van der Waals surface area contributed by atoms with Gasteiger partial charge >= 0.3 is 0 Å². The van der Waals surface area contributed by atoms with E-state index in [0.29, 0.717) is 0 Å². The molecule has 1 saturated heterocycles. The highest BCUT2D eigenvalue weighted by Gasteiger charge is 2.44. The fourth-order valence-electron chi connectivity index (χ4n) is 1.05. The van der Waals surface area contributed by atoms with Crippen LogP contribution in [0, 0.1) is 0 Å². The van der Waals surface area contributed by atoms with E-state index in [1.54, 1.807) is 0 Å². The summed E-state index contributed by atoms with van der Waals surface area (Å²) >= 11 is 0. The third kappa shape index (κ3) is 1.57. The van der Waals surface area contributed by atoms with Gasteiger partial charge in [0.15, 0.2) is 6.29 Å². The molecule has 1 fully saturated rings. The second-order valence-electron chi connectivity index (χ2n) is 2.57. The van der Waals surface area contributed by atoms with E-state index in [2.05, 4.69) is 4.74 Å². The van der Waals surface area contributed by atoms with Crippen LogP contribution in [-0.4, -0.2) is 46.2 Å². The zero-order chi connectivity index (χ0) is 8.48. The van der Waals surface area contributed by atoms with Crippen LogP contribution in [0.3, 0.4) is 0 Å². The molecule has 64 valence electrons. The van der Waals surface area contributed by atoms with Crippen LogP contribution in [0.5, 0.6) is 0 Å². The topological polar surface area (TPSA) is 87.0 Å². The van der Waals surface area contributed by atoms with Crippen molar-refractivity contribution >= 4 is 6.29 Å². The van der Waals surface area contributed by atoms with Crippen LogP contribution >= 0.6 is 0 Å². The molecule has 0 spiro atoms. The molecule has 0 aromatic carbocycles. The number of hydrogen-bond donors (Lipinski definition) is 3. The Morgan fingerprint density at radius 3 is 2.64 bits per heavy atom. The molecular weight excluding hydrogens is 152 g/mol. The Balaban J connectivity index is 2.62. The summed E-state index contributed by atoms with van der Waals surface area (Å²) in [5.41, 5.74) is 0. The molecule has 0 aromatic rings. The van der Waals surface area contributed by atoms with Gasteiger partial charge in [0.1, 0.15) is 6.10 Å². The molecule has 5 heteroatoms. The molecule has 11 heavy (non-hydrogen) atoms. The Bertz CT molecular complexity index is 159. The highest BCUT2D eigenvalue weighted by molar-refractivity contribution is 5.60. The third-order valence-corrected chi connectivity index (χ3v) is 1.65. The molecular formula is C6H10O5. The molecule has 0 bridgehead atoms. The van der Waals surface area contributed by atoms with Gasteiger partial charge in [0.05, 0.1) is 12.7 Å². The molecule has 0 aromatic heterocycles. The van der Waals surface area contributed by atoms with Crippen molar-refractivity contribution in [2.45, 2.75) is 24.4 Å². The Kier molecular flexibility index (Phi) is 2.24. The molecule has 1 aliphatic heterocycles. The molecule has 3 N–H and O–H groups in total. The second kappa shape index (κ2) is 2.86. The van der Waals surface area contributed by atoms with E-state index in [1.807, 2.05) is 0 Å². The number of hydrogen-bond acceptors (Lipinski definition) is 5. The third-order valence-electron chi connectivity index (χ3n) is 1.65. The van der Waals surface area contributed by atoms with E-state index in [9.17, 15) is 4.79 Å². The lowest BCUT2D eigenvalue weighted by Crippen LogP contribution is -2.31. The average Bonchev–Trinajstić information content (AvgIpc) is 2.27. The largest absolute Gasteiger partial charge is 0.394 e. The van der Waals surface area contributed by atoms with Crippen molar-refractivity contribution in [2.75, 3.05) is 6.61 Å². The van der Waals surface area contributed by atoms with Crippen molar-refractivity contribution in [3.05, 3.63) is 0 Å². The first kappa shape index (κ1) is 8.61. The van der Waals surface area contributed by atoms with E-state index in [-0.39, 0.29) is 12.7 Å². The van der Waals surface area contributed by atoms with Crippen LogP contribution in [0.4, 0.5) is 0 Å². The van der Waals surface area contributed by atoms with Gasteiger partial charge in [-0.25, -0.2) is 0 Å². The summed E-state index contributed by atoms with van der Waals surface area (Å²) in [6, 6.07) is 0. The van der Waals surface area contributed by atoms with E-state index in [1.165, 1.54) is 0 Å². The van der Waals surface area contributed by atoms with Crippen molar-refractivity contribution in [2.24, 2.45) is 0 Å². The predicted octanol–water partition coefficient (Wildman–Crippen LogP) is -1.98. The zero-order valence-electron chi connectivity index (χ0n) is 5.80. The molecule has 0 aliphatic carbocycles. The van der Waals surface area contributed by atoms with Crippen LogP contribution in [0.2, 0.25) is 0 Å². The van der Waals surface area contributed by atoms with Crippen molar-refractivity contribution in [3.63, 3.8) is 0 Å². The van der Waals surface area contributed by atoms with Gasteiger partial charge in [-0.05, 0) is 0 Å². The van der Waals surface area contributed by atoms with Gasteiger partial charge in [-0.2, -0.15) is 0 Å². The summed E-state index contributed by atoms with van der Waals surface area (Å²) in [7, 11) is 0. The molecule has 0 radical (unpaired) electrons. The van der Waals surface area contributed by atoms with Crippen molar-refractivity contribution in [1.82, 2.24) is 0 Å². The summed E-state index contributed by atoms with van der Waals surface area (Å²) in [4.78, 5) is 10.2. The van der Waals surface area contributed by atoms with Gasteiger partial charge in [-0.15, -0.1) is 0 Å². The molecule has 0 amide bonds. The molecule has 1 rings (SSSR count). The minimum atomic E-state index is -1.91. The maximum Gasteiger partial charge on any atom is 0.226 e. The summed E-state index contributed by atoms with van der Waals surface area (Å²) in [6.45, 7) is -0.405. The minimum absolute atomic E-state index is 0.179. The number of aldehydes is 1. The van der Waals surface area contributed by atoms with Crippen LogP contribution in [0.15, 0.2) is 0 Å². The quantitative estimate of drug-likeness (QED) is 0.409. The first-order chi connectivity index (χ1) is 5.11. The number of ether oxygens (including phenoxy) is 1. The number of rotatable bonds is 2. The lowest BCUT2D eigenvalue weighted by Gasteiger charge is -2.14. The second-order valence-corrected chi connectivity index (χ2v) is 2.57. The van der Waals surface area contributed by atoms with Gasteiger partial charge in [-0.3, -0.25) is 4.79 Å². The Morgan fingerprint density at radius 1 is 1.73 bits per heavy atom. The standard InChI is InChI=1S/C6H10O5/c7-2-5-4(9)1-6(10,3-8)11-5/h3-5,7,9-10H,1-2H2/t4-,5+,6?/m1/s1. The van der Waals surface area contributed by atoms with Crippen LogP contribution in [-0.2, 0) is 9.53 Å². The maximum atomic E-state index is 10.2. The molecule has 1 aliphatic rings. The van der Waals surface area contributed by atoms with Crippen molar-refractivity contribution in [1.29, 1.82) is 0 Å². The van der Waals surface area contributed by atoms with Gasteiger partial charge in [0.2, 0.25) is 5.79 Å². The highest BCUT2D eigenvalue weighted by atomic mass is 16.7. The van der Waals surface area contributed by atoms with Gasteiger partial charge in [0, 0.05) is 6.42 Å². The highest BCUT2D eigenvalue weighted by Crippen LogP contribution is 2.26. The number of carbonyl (C=O) groups excluding carboxylic acids is 1. The zero-order valence-corrected chi connectivity index (χ0v) is 5.80. The van der Waals surface area contributed by atoms with Gasteiger partial charge in [0.25, 0.3) is 0 Å². The van der Waals surface area contributed by atoms with Gasteiger partial charge in [-0.1, -0.05) is 0 Å². The lowest BCUT2D eigenvalue weighted by molar-refractivity contribution is -0.190. The monoisotopic (exact) mass is 162 g/mol. The molecule has 1 heterocycles. The summed E-state index contributed by atoms with van der Waals surface area (Å²) in [6.07, 6.45) is -1.80. The number of aliphatic hydroxyl groups is 3. The molecule has 1 unspecified atom stereocenters. The lowest BCUT2D eigenvalue weighted by atomic mass is 10.1. The van der Waals surface area contributed by atoms with E-state index in [0.717, 1.165) is 0 Å². The van der Waals surface area contributed by atoms with Crippen LogP contribution < -0.4 is 0 Å². The van der Waals surface area contributed by atoms with Crippen LogP contribution in [0.25, 0.3) is 0 Å². The normalized spacial score (nSPS) is 44.3. The van der Waals surface area contributed by atoms with Crippen molar-refractivity contribution in [3.8, 4) is 0 Å². The van der Waals surface area contributed by atoms with Crippen molar-refractivity contribution < 1.29 is 24.9 Å². The number of carbonyl (C=O) groups is 1. The van der Waals surface area contributed by atoms with Crippen LogP contribution in [0.1, 0.15) is 6.42 Å². The Hall–Kier alpha value is -0.490. The molecule has 5 nitrogen and oxygen atoms in total. The SMILES string of the molecule is O=CC1(O)C[C@@H](O)[C@H](CO)O1. The predicted molar refractivity (Wildman–Crippen MR) is 33.6 cm³/mol. The summed E-state index contributed by atoms with van der Waals surface area (Å²) in [5.74, 6) is -1.91. The smallest absolute Gasteiger partial charge is 0.226 e. The van der Waals surface area contributed by atoms with Gasteiger partial charge < -0.3 is 20.1 Å². The Morgan fingerprint density at radius 2 is 2.36 bits per heavy atom. The summed E-state index contributed by atoms with van der Waals surface area (Å²) in [5, 5.41) is 26.7. The molecule has 3 atom stereocenters. The maximum absolute atomic E-state index is 10.2. The number of aliphatic hydroxyl groups excluding tert-OH is 2. The average molecular weight is 162 g/mol. The minimum Gasteiger partial charge on any atom is -0.394 e. The van der Waals surface area contributed by atoms with E-state index < -0.39 is 24.6 Å². The first-order valence-corrected chi connectivity index (χ1v) is 3.27. The first-order valence-electron chi connectivity index (χ1n) is 3.27. The van der Waals surface area contributed by atoms with E-state index in [4.69, 9.17) is 15.3 Å². The van der Waals surface area contributed by atoms with E-state index >= 15 is 0 Å².